The molecule has 0 aliphatic heterocycles. The molecular formula is C35H67Fe2N3O. The molecule has 0 radical (unpaired) electrons. The summed E-state index contributed by atoms with van der Waals surface area (Å²) >= 11 is 0. The topological polar surface area (TPSA) is 35.6 Å². The average molecular weight is 658 g/mol. The number of hydrogen-bond acceptors (Lipinski definition) is 3. The number of carbonyl (C=O) groups excluding carboxylic acids is 1. The molecule has 1 amide bonds. The van der Waals surface area contributed by atoms with E-state index in [4.69, 9.17) is 0 Å². The largest absolute Gasteiger partial charge is 2.00 e. The second-order valence-electron chi connectivity index (χ2n) is 11.4. The van der Waals surface area contributed by atoms with Gasteiger partial charge in [0, 0.05) is 17.8 Å². The molecule has 0 saturated heterocycles. The summed E-state index contributed by atoms with van der Waals surface area (Å²) in [6.45, 7) is 0. The van der Waals surface area contributed by atoms with Crippen LogP contribution in [0.2, 0.25) is 0 Å². The SMILES string of the molecule is C1CCCC1.C1CCCC1.CN(C)C1CCCC1.CN(C)C1CCCC1C(=O)Nc1ccccc1.[CH3-].[CH3-].[CH3-].[CH3-].[Fe+2].[Fe+2]. The zero-order chi connectivity index (χ0) is 25.3. The van der Waals surface area contributed by atoms with Crippen LogP contribution in [0.4, 0.5) is 5.69 Å². The molecule has 0 spiro atoms. The summed E-state index contributed by atoms with van der Waals surface area (Å²) < 4.78 is 0. The zero-order valence-electron chi connectivity index (χ0n) is 28.1. The van der Waals surface area contributed by atoms with E-state index in [-0.39, 0.29) is 75.7 Å². The van der Waals surface area contributed by atoms with Crippen molar-refractivity contribution in [2.75, 3.05) is 33.5 Å². The van der Waals surface area contributed by atoms with E-state index in [2.05, 4.69) is 43.3 Å². The molecule has 2 unspecified atom stereocenters. The molecule has 2 atom stereocenters. The molecule has 5 rings (SSSR count). The van der Waals surface area contributed by atoms with Gasteiger partial charge in [0.2, 0.25) is 5.91 Å². The molecule has 4 nitrogen and oxygen atoms in total. The quantitative estimate of drug-likeness (QED) is 0.259. The molecule has 4 aliphatic carbocycles. The van der Waals surface area contributed by atoms with Gasteiger partial charge < -0.3 is 44.8 Å². The summed E-state index contributed by atoms with van der Waals surface area (Å²) in [6, 6.07) is 11.0. The third kappa shape index (κ3) is 21.9. The Balaban J connectivity index is -0.000000152. The summed E-state index contributed by atoms with van der Waals surface area (Å²) in [5.41, 5.74) is 0.891. The van der Waals surface area contributed by atoms with E-state index in [0.717, 1.165) is 31.0 Å². The van der Waals surface area contributed by atoms with Gasteiger partial charge in [0.05, 0.1) is 5.92 Å². The van der Waals surface area contributed by atoms with Crippen LogP contribution in [-0.4, -0.2) is 56.0 Å². The van der Waals surface area contributed by atoms with E-state index in [0.29, 0.717) is 6.04 Å². The predicted molar refractivity (Wildman–Crippen MR) is 178 cm³/mol. The van der Waals surface area contributed by atoms with Crippen molar-refractivity contribution in [3.8, 4) is 0 Å². The van der Waals surface area contributed by atoms with Crippen LogP contribution in [0, 0.1) is 35.6 Å². The Morgan fingerprint density at radius 2 is 1.00 bits per heavy atom. The van der Waals surface area contributed by atoms with Crippen molar-refractivity contribution in [2.45, 2.75) is 121 Å². The van der Waals surface area contributed by atoms with E-state index < -0.39 is 0 Å². The Hall–Kier alpha value is -0.351. The van der Waals surface area contributed by atoms with Crippen LogP contribution >= 0.6 is 0 Å². The minimum Gasteiger partial charge on any atom is -0.358 e. The fraction of sp³-hybridized carbons (Fsp3) is 0.686. The Kier molecular flexibility index (Phi) is 38.1. The number of nitrogens with zero attached hydrogens (tertiary/aromatic N) is 2. The van der Waals surface area contributed by atoms with E-state index in [1.54, 1.807) is 0 Å². The number of rotatable bonds is 4. The van der Waals surface area contributed by atoms with Gasteiger partial charge in [-0.1, -0.05) is 102 Å². The van der Waals surface area contributed by atoms with Crippen molar-refractivity contribution < 1.29 is 38.9 Å². The van der Waals surface area contributed by atoms with Gasteiger partial charge in [-0.2, -0.15) is 0 Å². The molecule has 244 valence electrons. The molecule has 4 fully saturated rings. The Morgan fingerprint density at radius 3 is 1.34 bits per heavy atom. The van der Waals surface area contributed by atoms with Gasteiger partial charge in [0.1, 0.15) is 0 Å². The average Bonchev–Trinajstić information content (AvgIpc) is 3.70. The fourth-order valence-corrected chi connectivity index (χ4v) is 5.81. The molecule has 1 N–H and O–H groups in total. The number of nitrogens with one attached hydrogen (secondary N) is 1. The van der Waals surface area contributed by atoms with Crippen molar-refractivity contribution in [3.63, 3.8) is 0 Å². The first kappa shape index (κ1) is 50.3. The maximum atomic E-state index is 12.2. The van der Waals surface area contributed by atoms with Gasteiger partial charge >= 0.3 is 34.1 Å². The maximum Gasteiger partial charge on any atom is 2.00 e. The van der Waals surface area contributed by atoms with Gasteiger partial charge in [-0.25, -0.2) is 0 Å². The minimum absolute atomic E-state index is 0. The van der Waals surface area contributed by atoms with Crippen molar-refractivity contribution in [1.82, 2.24) is 9.80 Å². The third-order valence-electron chi connectivity index (χ3n) is 8.08. The van der Waals surface area contributed by atoms with Crippen LogP contribution in [0.25, 0.3) is 0 Å². The maximum absolute atomic E-state index is 12.2. The molecule has 0 aromatic heterocycles. The van der Waals surface area contributed by atoms with Gasteiger partial charge in [0.15, 0.2) is 0 Å². The van der Waals surface area contributed by atoms with Crippen LogP contribution in [0.1, 0.15) is 109 Å². The normalized spacial score (nSPS) is 20.2. The van der Waals surface area contributed by atoms with Crippen LogP contribution in [-0.2, 0) is 38.9 Å². The van der Waals surface area contributed by atoms with Crippen molar-refractivity contribution in [2.24, 2.45) is 5.92 Å². The minimum atomic E-state index is 0. The number of amides is 1. The standard InChI is InChI=1S/C14H20N2O.C7H15N.2C5H10.4CH3.2Fe/c1-16(2)13-10-6-9-12(13)14(17)15-11-7-4-3-5-8-11;1-8(2)7-5-3-4-6-7;2*1-2-4-5-3-1;;;;;;/h3-5,7-8,12-13H,6,9-10H2,1-2H3,(H,15,17);7H,3-6H2,1-2H3;2*1-5H2;4*1H3;;/q;;;;4*-1;2*+2. The smallest absolute Gasteiger partial charge is 0.358 e. The van der Waals surface area contributed by atoms with Crippen LogP contribution in [0.3, 0.4) is 0 Å². The predicted octanol–water partition coefficient (Wildman–Crippen LogP) is 9.54. The van der Waals surface area contributed by atoms with Gasteiger partial charge in [0.25, 0.3) is 0 Å². The first-order valence-corrected chi connectivity index (χ1v) is 14.7. The van der Waals surface area contributed by atoms with E-state index in [1.807, 2.05) is 30.3 Å². The summed E-state index contributed by atoms with van der Waals surface area (Å²) in [7, 11) is 8.46. The third-order valence-corrected chi connectivity index (χ3v) is 8.08. The Bertz CT molecular complexity index is 633. The van der Waals surface area contributed by atoms with E-state index in [9.17, 15) is 4.79 Å². The monoisotopic (exact) mass is 657 g/mol. The van der Waals surface area contributed by atoms with Gasteiger partial charge in [-0.15, -0.1) is 0 Å². The van der Waals surface area contributed by atoms with Crippen molar-refractivity contribution in [1.29, 1.82) is 0 Å². The zero-order valence-corrected chi connectivity index (χ0v) is 30.4. The number of carbonyl (C=O) groups is 1. The van der Waals surface area contributed by atoms with Gasteiger partial charge in [-0.3, -0.25) is 4.79 Å². The Morgan fingerprint density at radius 1 is 0.585 bits per heavy atom. The first-order valence-electron chi connectivity index (χ1n) is 14.7. The number of hydrogen-bond donors (Lipinski definition) is 1. The summed E-state index contributed by atoms with van der Waals surface area (Å²) in [5.74, 6) is 0.289. The molecular weight excluding hydrogens is 590 g/mol. The van der Waals surface area contributed by atoms with Crippen LogP contribution < -0.4 is 5.32 Å². The van der Waals surface area contributed by atoms with E-state index >= 15 is 0 Å². The first-order chi connectivity index (χ1) is 17.0. The van der Waals surface area contributed by atoms with E-state index in [1.165, 1.54) is 89.9 Å². The summed E-state index contributed by atoms with van der Waals surface area (Å²) in [5, 5.41) is 3.00. The number of anilines is 1. The molecule has 41 heavy (non-hydrogen) atoms. The van der Waals surface area contributed by atoms with Crippen LogP contribution in [0.5, 0.6) is 0 Å². The molecule has 1 aromatic carbocycles. The van der Waals surface area contributed by atoms with Crippen molar-refractivity contribution >= 4 is 11.6 Å². The molecule has 1 aromatic rings. The molecule has 0 heterocycles. The van der Waals surface area contributed by atoms with Crippen LogP contribution in [0.15, 0.2) is 30.3 Å². The number of benzene rings is 1. The second-order valence-corrected chi connectivity index (χ2v) is 11.4. The van der Waals surface area contributed by atoms with Gasteiger partial charge in [-0.05, 0) is 66.0 Å². The Labute approximate surface area is 279 Å². The number of para-hydroxylation sites is 1. The summed E-state index contributed by atoms with van der Waals surface area (Å²) in [6.07, 6.45) is 24.0. The van der Waals surface area contributed by atoms with Crippen molar-refractivity contribution in [3.05, 3.63) is 60.0 Å². The fourth-order valence-electron chi connectivity index (χ4n) is 5.81. The molecule has 4 saturated carbocycles. The summed E-state index contributed by atoms with van der Waals surface area (Å²) in [4.78, 5) is 16.7. The molecule has 0 bridgehead atoms. The molecule has 6 heteroatoms. The second kappa shape index (κ2) is 31.1. The molecule has 4 aliphatic rings.